The summed E-state index contributed by atoms with van der Waals surface area (Å²) in [5, 5.41) is 8.84. The van der Waals surface area contributed by atoms with Crippen LogP contribution in [0.25, 0.3) is 0 Å². The SMILES string of the molecule is N#CC(CCCC(F)(F)F)CC1CCOC1. The molecule has 1 saturated heterocycles. The average Bonchev–Trinajstić information content (AvgIpc) is 2.67. The minimum atomic E-state index is -4.10. The molecule has 1 aliphatic rings. The zero-order valence-electron chi connectivity index (χ0n) is 9.09. The van der Waals surface area contributed by atoms with Crippen LogP contribution in [-0.2, 0) is 4.74 Å². The molecule has 1 rings (SSSR count). The number of hydrogen-bond donors (Lipinski definition) is 0. The molecule has 0 bridgehead atoms. The van der Waals surface area contributed by atoms with Gasteiger partial charge >= 0.3 is 6.18 Å². The van der Waals surface area contributed by atoms with Crippen LogP contribution in [0.15, 0.2) is 0 Å². The third kappa shape index (κ3) is 5.36. The highest BCUT2D eigenvalue weighted by molar-refractivity contribution is 4.85. The van der Waals surface area contributed by atoms with Crippen LogP contribution in [0, 0.1) is 23.2 Å². The molecule has 0 aromatic carbocycles. The summed E-state index contributed by atoms with van der Waals surface area (Å²) in [6.07, 6.45) is -2.89. The van der Waals surface area contributed by atoms with E-state index in [2.05, 4.69) is 6.07 Å². The summed E-state index contributed by atoms with van der Waals surface area (Å²) >= 11 is 0. The fraction of sp³-hybridized carbons (Fsp3) is 0.909. The third-order valence-corrected chi connectivity index (χ3v) is 2.84. The van der Waals surface area contributed by atoms with Gasteiger partial charge in [-0.1, -0.05) is 0 Å². The van der Waals surface area contributed by atoms with Crippen LogP contribution in [0.4, 0.5) is 13.2 Å². The normalized spacial score (nSPS) is 23.0. The largest absolute Gasteiger partial charge is 0.389 e. The maximum atomic E-state index is 11.9. The van der Waals surface area contributed by atoms with Gasteiger partial charge in [0, 0.05) is 25.6 Å². The summed E-state index contributed by atoms with van der Waals surface area (Å²) < 4.78 is 40.9. The lowest BCUT2D eigenvalue weighted by Crippen LogP contribution is -2.11. The minimum absolute atomic E-state index is 0.0509. The van der Waals surface area contributed by atoms with Crippen molar-refractivity contribution in [2.45, 2.75) is 38.3 Å². The third-order valence-electron chi connectivity index (χ3n) is 2.84. The lowest BCUT2D eigenvalue weighted by atomic mass is 9.91. The predicted molar refractivity (Wildman–Crippen MR) is 52.6 cm³/mol. The molecule has 0 saturated carbocycles. The molecule has 0 spiro atoms. The van der Waals surface area contributed by atoms with Gasteiger partial charge in [0.25, 0.3) is 0 Å². The highest BCUT2D eigenvalue weighted by Gasteiger charge is 2.27. The zero-order valence-corrected chi connectivity index (χ0v) is 9.09. The Balaban J connectivity index is 2.19. The van der Waals surface area contributed by atoms with Crippen LogP contribution < -0.4 is 0 Å². The Kier molecular flexibility index (Phi) is 5.07. The number of alkyl halides is 3. The highest BCUT2D eigenvalue weighted by atomic mass is 19.4. The molecule has 2 unspecified atom stereocenters. The first-order valence-corrected chi connectivity index (χ1v) is 5.55. The van der Waals surface area contributed by atoms with E-state index in [0.717, 1.165) is 6.42 Å². The monoisotopic (exact) mass is 235 g/mol. The molecule has 0 radical (unpaired) electrons. The fourth-order valence-electron chi connectivity index (χ4n) is 1.96. The minimum Gasteiger partial charge on any atom is -0.381 e. The molecule has 2 atom stereocenters. The molecule has 1 aliphatic heterocycles. The first kappa shape index (κ1) is 13.3. The molecule has 0 aromatic rings. The van der Waals surface area contributed by atoms with Crippen molar-refractivity contribution in [2.75, 3.05) is 13.2 Å². The lowest BCUT2D eigenvalue weighted by Gasteiger charge is -2.13. The van der Waals surface area contributed by atoms with E-state index in [0.29, 0.717) is 32.0 Å². The van der Waals surface area contributed by atoms with Crippen molar-refractivity contribution in [3.8, 4) is 6.07 Å². The van der Waals surface area contributed by atoms with Crippen LogP contribution in [0.1, 0.15) is 32.1 Å². The van der Waals surface area contributed by atoms with E-state index >= 15 is 0 Å². The van der Waals surface area contributed by atoms with Crippen molar-refractivity contribution in [2.24, 2.45) is 11.8 Å². The van der Waals surface area contributed by atoms with E-state index in [4.69, 9.17) is 10.00 Å². The van der Waals surface area contributed by atoms with Gasteiger partial charge in [0.2, 0.25) is 0 Å². The van der Waals surface area contributed by atoms with Crippen LogP contribution in [0.5, 0.6) is 0 Å². The maximum absolute atomic E-state index is 11.9. The molecule has 2 nitrogen and oxygen atoms in total. The van der Waals surface area contributed by atoms with E-state index < -0.39 is 12.6 Å². The number of nitriles is 1. The average molecular weight is 235 g/mol. The van der Waals surface area contributed by atoms with Crippen LogP contribution >= 0.6 is 0 Å². The number of hydrogen-bond acceptors (Lipinski definition) is 2. The summed E-state index contributed by atoms with van der Waals surface area (Å²) in [6.45, 7) is 1.36. The standard InChI is InChI=1S/C11H16F3NO/c12-11(13,14)4-1-2-9(7-15)6-10-3-5-16-8-10/h9-10H,1-6,8H2. The van der Waals surface area contributed by atoms with Crippen molar-refractivity contribution in [1.82, 2.24) is 0 Å². The molecule has 1 heterocycles. The molecule has 16 heavy (non-hydrogen) atoms. The van der Waals surface area contributed by atoms with E-state index in [1.807, 2.05) is 0 Å². The van der Waals surface area contributed by atoms with E-state index in [-0.39, 0.29) is 12.3 Å². The topological polar surface area (TPSA) is 33.0 Å². The lowest BCUT2D eigenvalue weighted by molar-refractivity contribution is -0.135. The van der Waals surface area contributed by atoms with Gasteiger partial charge in [-0.25, -0.2) is 0 Å². The smallest absolute Gasteiger partial charge is 0.381 e. The molecule has 0 N–H and O–H groups in total. The maximum Gasteiger partial charge on any atom is 0.389 e. The highest BCUT2D eigenvalue weighted by Crippen LogP contribution is 2.27. The number of nitrogens with zero attached hydrogens (tertiary/aromatic N) is 1. The van der Waals surface area contributed by atoms with Gasteiger partial charge in [-0.3, -0.25) is 0 Å². The van der Waals surface area contributed by atoms with Crippen molar-refractivity contribution >= 4 is 0 Å². The molecule has 1 fully saturated rings. The van der Waals surface area contributed by atoms with Gasteiger partial charge in [-0.15, -0.1) is 0 Å². The summed E-state index contributed by atoms with van der Waals surface area (Å²) in [7, 11) is 0. The van der Waals surface area contributed by atoms with Crippen molar-refractivity contribution in [1.29, 1.82) is 5.26 Å². The van der Waals surface area contributed by atoms with Gasteiger partial charge in [-0.05, 0) is 31.6 Å². The first-order chi connectivity index (χ1) is 7.51. The molecule has 92 valence electrons. The van der Waals surface area contributed by atoms with Crippen molar-refractivity contribution in [3.63, 3.8) is 0 Å². The quantitative estimate of drug-likeness (QED) is 0.732. The predicted octanol–water partition coefficient (Wildman–Crippen LogP) is 3.29. The van der Waals surface area contributed by atoms with E-state index in [9.17, 15) is 13.2 Å². The second-order valence-corrected chi connectivity index (χ2v) is 4.30. The van der Waals surface area contributed by atoms with Crippen molar-refractivity contribution < 1.29 is 17.9 Å². The van der Waals surface area contributed by atoms with E-state index in [1.165, 1.54) is 0 Å². The molecule has 0 aliphatic carbocycles. The van der Waals surface area contributed by atoms with Gasteiger partial charge in [0.1, 0.15) is 0 Å². The van der Waals surface area contributed by atoms with Crippen LogP contribution in [0.3, 0.4) is 0 Å². The Bertz CT molecular complexity index is 241. The summed E-state index contributed by atoms with van der Waals surface area (Å²) in [5.41, 5.74) is 0. The van der Waals surface area contributed by atoms with Crippen molar-refractivity contribution in [3.05, 3.63) is 0 Å². The molecule has 0 aromatic heterocycles. The van der Waals surface area contributed by atoms with Gasteiger partial charge in [0.05, 0.1) is 6.07 Å². The number of halogens is 3. The molecule has 5 heteroatoms. The summed E-state index contributed by atoms with van der Waals surface area (Å²) in [5.74, 6) is 0.101. The Labute approximate surface area is 93.4 Å². The molecular formula is C11H16F3NO. The zero-order chi connectivity index (χ0) is 12.0. The Morgan fingerprint density at radius 2 is 2.19 bits per heavy atom. The summed E-state index contributed by atoms with van der Waals surface area (Å²) in [6, 6.07) is 2.09. The summed E-state index contributed by atoms with van der Waals surface area (Å²) in [4.78, 5) is 0. The van der Waals surface area contributed by atoms with Crippen LogP contribution in [-0.4, -0.2) is 19.4 Å². The second-order valence-electron chi connectivity index (χ2n) is 4.30. The van der Waals surface area contributed by atoms with Crippen LogP contribution in [0.2, 0.25) is 0 Å². The van der Waals surface area contributed by atoms with Gasteiger partial charge in [0.15, 0.2) is 0 Å². The first-order valence-electron chi connectivity index (χ1n) is 5.55. The molecular weight excluding hydrogens is 219 g/mol. The Morgan fingerprint density at radius 3 is 2.69 bits per heavy atom. The number of ether oxygens (including phenoxy) is 1. The van der Waals surface area contributed by atoms with E-state index in [1.54, 1.807) is 0 Å². The Morgan fingerprint density at radius 1 is 1.44 bits per heavy atom. The van der Waals surface area contributed by atoms with Gasteiger partial charge < -0.3 is 4.74 Å². The number of rotatable bonds is 5. The molecule has 0 amide bonds. The fourth-order valence-corrected chi connectivity index (χ4v) is 1.96. The Hall–Kier alpha value is -0.760. The van der Waals surface area contributed by atoms with Gasteiger partial charge in [-0.2, -0.15) is 18.4 Å². The second kappa shape index (κ2) is 6.09.